The van der Waals surface area contributed by atoms with Crippen molar-refractivity contribution < 1.29 is 14.8 Å². The Hall–Kier alpha value is -2.05. The number of carbonyl (C=O) groups is 1. The predicted molar refractivity (Wildman–Crippen MR) is 75.6 cm³/mol. The number of aromatic carboxylic acids is 1. The standard InChI is InChI=1S/C13H8ClNO4S/c14-10-2-1-3-11(15(18)19)12(10)20-9-6-4-8(5-7-9)13(16)17/h1-7H,(H,16,17). The van der Waals surface area contributed by atoms with Gasteiger partial charge in [0.2, 0.25) is 0 Å². The highest BCUT2D eigenvalue weighted by Crippen LogP contribution is 2.39. The molecule has 20 heavy (non-hydrogen) atoms. The van der Waals surface area contributed by atoms with Crippen molar-refractivity contribution in [1.29, 1.82) is 0 Å². The van der Waals surface area contributed by atoms with Crippen LogP contribution in [0, 0.1) is 10.1 Å². The molecule has 0 amide bonds. The molecule has 2 aromatic rings. The molecule has 0 fully saturated rings. The highest BCUT2D eigenvalue weighted by molar-refractivity contribution is 7.99. The Morgan fingerprint density at radius 3 is 2.40 bits per heavy atom. The average molecular weight is 310 g/mol. The van der Waals surface area contributed by atoms with E-state index in [0.29, 0.717) is 9.79 Å². The van der Waals surface area contributed by atoms with Gasteiger partial charge in [-0.1, -0.05) is 29.4 Å². The van der Waals surface area contributed by atoms with E-state index in [2.05, 4.69) is 0 Å². The topological polar surface area (TPSA) is 80.4 Å². The Morgan fingerprint density at radius 2 is 1.85 bits per heavy atom. The van der Waals surface area contributed by atoms with E-state index < -0.39 is 10.9 Å². The van der Waals surface area contributed by atoms with Gasteiger partial charge >= 0.3 is 5.97 Å². The molecule has 1 N–H and O–H groups in total. The van der Waals surface area contributed by atoms with Crippen molar-refractivity contribution in [2.24, 2.45) is 0 Å². The van der Waals surface area contributed by atoms with Crippen LogP contribution in [0.3, 0.4) is 0 Å². The molecule has 0 aliphatic heterocycles. The number of hydrogen-bond donors (Lipinski definition) is 1. The van der Waals surface area contributed by atoms with Gasteiger partial charge in [0.25, 0.3) is 5.69 Å². The SMILES string of the molecule is O=C(O)c1ccc(Sc2c(Cl)cccc2[N+](=O)[O-])cc1. The fourth-order valence-electron chi connectivity index (χ4n) is 1.53. The van der Waals surface area contributed by atoms with Crippen LogP contribution in [0.5, 0.6) is 0 Å². The molecule has 2 rings (SSSR count). The van der Waals surface area contributed by atoms with E-state index >= 15 is 0 Å². The molecular formula is C13H8ClNO4S. The molecule has 5 nitrogen and oxygen atoms in total. The third-order valence-corrected chi connectivity index (χ3v) is 4.03. The van der Waals surface area contributed by atoms with E-state index in [1.807, 2.05) is 0 Å². The maximum atomic E-state index is 11.0. The van der Waals surface area contributed by atoms with Crippen LogP contribution >= 0.6 is 23.4 Å². The number of carboxylic acids is 1. The second kappa shape index (κ2) is 5.94. The van der Waals surface area contributed by atoms with Gasteiger partial charge in [0, 0.05) is 11.0 Å². The smallest absolute Gasteiger partial charge is 0.335 e. The largest absolute Gasteiger partial charge is 0.478 e. The molecule has 2 aromatic carbocycles. The second-order valence-electron chi connectivity index (χ2n) is 3.78. The van der Waals surface area contributed by atoms with Gasteiger partial charge in [-0.2, -0.15) is 0 Å². The summed E-state index contributed by atoms with van der Waals surface area (Å²) in [6.07, 6.45) is 0. The second-order valence-corrected chi connectivity index (χ2v) is 5.27. The minimum absolute atomic E-state index is 0.0789. The molecule has 0 atom stereocenters. The molecule has 0 saturated heterocycles. The third kappa shape index (κ3) is 3.09. The number of hydrogen-bond acceptors (Lipinski definition) is 4. The molecule has 0 aliphatic carbocycles. The summed E-state index contributed by atoms with van der Waals surface area (Å²) in [5.41, 5.74) is 0.0767. The summed E-state index contributed by atoms with van der Waals surface area (Å²) in [6, 6.07) is 10.5. The lowest BCUT2D eigenvalue weighted by Crippen LogP contribution is -1.95. The van der Waals surface area contributed by atoms with Gasteiger partial charge in [0.1, 0.15) is 4.90 Å². The molecule has 0 radical (unpaired) electrons. The van der Waals surface area contributed by atoms with E-state index in [0.717, 1.165) is 11.8 Å². The molecule has 0 spiro atoms. The molecular weight excluding hydrogens is 302 g/mol. The molecule has 0 unspecified atom stereocenters. The van der Waals surface area contributed by atoms with E-state index in [4.69, 9.17) is 16.7 Å². The molecule has 0 bridgehead atoms. The lowest BCUT2D eigenvalue weighted by Gasteiger charge is -2.05. The zero-order valence-electron chi connectivity index (χ0n) is 9.95. The molecule has 0 saturated carbocycles. The summed E-state index contributed by atoms with van der Waals surface area (Å²) >= 11 is 7.11. The number of nitro groups is 1. The van der Waals surface area contributed by atoms with Gasteiger partial charge in [-0.3, -0.25) is 10.1 Å². The first-order chi connectivity index (χ1) is 9.49. The normalized spacial score (nSPS) is 10.2. The van der Waals surface area contributed by atoms with E-state index in [1.165, 1.54) is 24.3 Å². The Kier molecular flexibility index (Phi) is 4.26. The fraction of sp³-hybridized carbons (Fsp3) is 0. The van der Waals surface area contributed by atoms with Crippen molar-refractivity contribution in [3.63, 3.8) is 0 Å². The van der Waals surface area contributed by atoms with E-state index in [9.17, 15) is 14.9 Å². The summed E-state index contributed by atoms with van der Waals surface area (Å²) in [6.45, 7) is 0. The van der Waals surface area contributed by atoms with Gasteiger partial charge in [-0.25, -0.2) is 4.79 Å². The Morgan fingerprint density at radius 1 is 1.20 bits per heavy atom. The first-order valence-electron chi connectivity index (χ1n) is 5.43. The molecule has 102 valence electrons. The van der Waals surface area contributed by atoms with E-state index in [-0.39, 0.29) is 16.3 Å². The molecule has 7 heteroatoms. The minimum Gasteiger partial charge on any atom is -0.478 e. The van der Waals surface area contributed by atoms with Crippen molar-refractivity contribution in [3.8, 4) is 0 Å². The number of benzene rings is 2. The summed E-state index contributed by atoms with van der Waals surface area (Å²) in [5.74, 6) is -1.02. The zero-order chi connectivity index (χ0) is 14.7. The maximum absolute atomic E-state index is 11.0. The van der Waals surface area contributed by atoms with Crippen LogP contribution in [0.15, 0.2) is 52.3 Å². The highest BCUT2D eigenvalue weighted by Gasteiger charge is 2.17. The highest BCUT2D eigenvalue weighted by atomic mass is 35.5. The lowest BCUT2D eigenvalue weighted by molar-refractivity contribution is -0.387. The van der Waals surface area contributed by atoms with Crippen LogP contribution in [0.1, 0.15) is 10.4 Å². The van der Waals surface area contributed by atoms with Crippen LogP contribution in [0.2, 0.25) is 5.02 Å². The predicted octanol–water partition coefficient (Wildman–Crippen LogP) is 4.10. The molecule has 0 aliphatic rings. The van der Waals surface area contributed by atoms with Gasteiger partial charge in [0.15, 0.2) is 0 Å². The van der Waals surface area contributed by atoms with Crippen molar-refractivity contribution in [1.82, 2.24) is 0 Å². The number of carboxylic acid groups (broad SMARTS) is 1. The fourth-order valence-corrected chi connectivity index (χ4v) is 2.73. The Bertz CT molecular complexity index is 673. The van der Waals surface area contributed by atoms with Gasteiger partial charge in [-0.15, -0.1) is 0 Å². The van der Waals surface area contributed by atoms with Gasteiger partial charge < -0.3 is 5.11 Å². The summed E-state index contributed by atoms with van der Waals surface area (Å²) in [4.78, 5) is 22.2. The zero-order valence-corrected chi connectivity index (χ0v) is 11.5. The lowest BCUT2D eigenvalue weighted by atomic mass is 10.2. The summed E-state index contributed by atoms with van der Waals surface area (Å²) in [7, 11) is 0. The van der Waals surface area contributed by atoms with Crippen molar-refractivity contribution in [2.45, 2.75) is 9.79 Å². The minimum atomic E-state index is -1.02. The van der Waals surface area contributed by atoms with Crippen molar-refractivity contribution in [2.75, 3.05) is 0 Å². The van der Waals surface area contributed by atoms with Crippen LogP contribution in [0.25, 0.3) is 0 Å². The Balaban J connectivity index is 2.34. The number of nitrogens with zero attached hydrogens (tertiary/aromatic N) is 1. The number of rotatable bonds is 4. The number of nitro benzene ring substituents is 1. The molecule has 0 heterocycles. The first-order valence-corrected chi connectivity index (χ1v) is 6.62. The summed E-state index contributed by atoms with van der Waals surface area (Å²) < 4.78 is 0. The van der Waals surface area contributed by atoms with Crippen molar-refractivity contribution in [3.05, 3.63) is 63.2 Å². The maximum Gasteiger partial charge on any atom is 0.335 e. The average Bonchev–Trinajstić information content (AvgIpc) is 2.41. The van der Waals surface area contributed by atoms with Crippen LogP contribution < -0.4 is 0 Å². The Labute approximate surface area is 123 Å². The van der Waals surface area contributed by atoms with Crippen LogP contribution in [-0.4, -0.2) is 16.0 Å². The monoisotopic (exact) mass is 309 g/mol. The van der Waals surface area contributed by atoms with Gasteiger partial charge in [-0.05, 0) is 30.3 Å². The van der Waals surface area contributed by atoms with Crippen molar-refractivity contribution >= 4 is 35.0 Å². The number of halogens is 1. The summed E-state index contributed by atoms with van der Waals surface area (Å²) in [5, 5.41) is 20.1. The van der Waals surface area contributed by atoms with E-state index in [1.54, 1.807) is 18.2 Å². The first kappa shape index (κ1) is 14.4. The van der Waals surface area contributed by atoms with Crippen LogP contribution in [0.4, 0.5) is 5.69 Å². The third-order valence-electron chi connectivity index (χ3n) is 2.46. The van der Waals surface area contributed by atoms with Gasteiger partial charge in [0.05, 0.1) is 15.5 Å². The molecule has 0 aromatic heterocycles. The van der Waals surface area contributed by atoms with Crippen LogP contribution in [-0.2, 0) is 0 Å². The quantitative estimate of drug-likeness (QED) is 0.679.